The Labute approximate surface area is 113 Å². The van der Waals surface area contributed by atoms with E-state index in [1.165, 1.54) is 6.92 Å². The summed E-state index contributed by atoms with van der Waals surface area (Å²) in [6.07, 6.45) is 1.11. The number of nitrogens with zero attached hydrogens (tertiary/aromatic N) is 2. The molecule has 1 unspecified atom stereocenters. The molecule has 0 saturated heterocycles. The number of hydrogen-bond donors (Lipinski definition) is 0. The third-order valence-corrected chi connectivity index (χ3v) is 2.05. The van der Waals surface area contributed by atoms with Gasteiger partial charge in [0, 0.05) is 5.66 Å². The molecule has 1 atom stereocenters. The molecule has 0 aliphatic heterocycles. The SMILES string of the molecule is C=CC(C)P(=O)([O-])[O-].C[N+](C)(C)C.C[N+](C)(C)C. The minimum absolute atomic E-state index is 0.942. The van der Waals surface area contributed by atoms with Crippen molar-refractivity contribution in [2.24, 2.45) is 0 Å². The Morgan fingerprint density at radius 1 is 0.944 bits per heavy atom. The normalized spacial score (nSPS) is 13.5. The Balaban J connectivity index is -0.000000197. The number of hydrogen-bond acceptors (Lipinski definition) is 3. The summed E-state index contributed by atoms with van der Waals surface area (Å²) in [7, 11) is 12.6. The molecule has 0 radical (unpaired) electrons. The average molecular weight is 282 g/mol. The predicted octanol–water partition coefficient (Wildman–Crippen LogP) is 0.119. The molecule has 0 saturated carbocycles. The highest BCUT2D eigenvalue weighted by atomic mass is 31.2. The van der Waals surface area contributed by atoms with Gasteiger partial charge in [0.2, 0.25) is 0 Å². The molecule has 0 amide bonds. The van der Waals surface area contributed by atoms with Crippen molar-refractivity contribution < 1.29 is 23.3 Å². The lowest BCUT2D eigenvalue weighted by molar-refractivity contribution is -0.849. The molecule has 0 aromatic carbocycles. The first-order valence-electron chi connectivity index (χ1n) is 5.70. The lowest BCUT2D eigenvalue weighted by atomic mass is 10.5. The van der Waals surface area contributed by atoms with Gasteiger partial charge in [-0.2, -0.15) is 0 Å². The number of quaternary nitrogens is 2. The summed E-state index contributed by atoms with van der Waals surface area (Å²) in [5.41, 5.74) is -0.942. The van der Waals surface area contributed by atoms with Crippen LogP contribution in [-0.2, 0) is 4.57 Å². The van der Waals surface area contributed by atoms with Crippen LogP contribution in [0.1, 0.15) is 6.92 Å². The van der Waals surface area contributed by atoms with E-state index in [1.807, 2.05) is 0 Å². The molecule has 0 aliphatic rings. The first-order valence-corrected chi connectivity index (χ1v) is 7.31. The average Bonchev–Trinajstić information content (AvgIpc) is 1.94. The van der Waals surface area contributed by atoms with Crippen molar-refractivity contribution in [1.29, 1.82) is 0 Å². The quantitative estimate of drug-likeness (QED) is 0.410. The van der Waals surface area contributed by atoms with Crippen LogP contribution in [0.25, 0.3) is 0 Å². The number of rotatable bonds is 2. The highest BCUT2D eigenvalue weighted by Gasteiger charge is 1.97. The highest BCUT2D eigenvalue weighted by Crippen LogP contribution is 2.30. The second-order valence-corrected chi connectivity index (χ2v) is 8.78. The van der Waals surface area contributed by atoms with E-state index in [-0.39, 0.29) is 0 Å². The summed E-state index contributed by atoms with van der Waals surface area (Å²) in [6, 6.07) is 0. The lowest BCUT2D eigenvalue weighted by Crippen LogP contribution is -2.27. The predicted molar refractivity (Wildman–Crippen MR) is 75.2 cm³/mol. The van der Waals surface area contributed by atoms with Gasteiger partial charge in [-0.25, -0.2) is 0 Å². The van der Waals surface area contributed by atoms with Crippen LogP contribution in [0.15, 0.2) is 12.7 Å². The van der Waals surface area contributed by atoms with Crippen LogP contribution in [0.5, 0.6) is 0 Å². The molecular weight excluding hydrogens is 251 g/mol. The minimum Gasteiger partial charge on any atom is -0.810 e. The molecule has 0 aromatic heterocycles. The van der Waals surface area contributed by atoms with Crippen molar-refractivity contribution in [2.75, 3.05) is 56.4 Å². The van der Waals surface area contributed by atoms with Crippen molar-refractivity contribution in [3.63, 3.8) is 0 Å². The lowest BCUT2D eigenvalue weighted by Gasteiger charge is -2.33. The van der Waals surface area contributed by atoms with Crippen molar-refractivity contribution in [3.05, 3.63) is 12.7 Å². The zero-order valence-electron chi connectivity index (χ0n) is 13.4. The third-order valence-electron chi connectivity index (χ3n) is 0.840. The number of allylic oxidation sites excluding steroid dienone is 1. The Hall–Kier alpha value is -0.190. The Morgan fingerprint density at radius 2 is 1.11 bits per heavy atom. The van der Waals surface area contributed by atoms with Crippen LogP contribution in [0.3, 0.4) is 0 Å². The van der Waals surface area contributed by atoms with Gasteiger partial charge in [-0.1, -0.05) is 20.6 Å². The minimum atomic E-state index is -4.37. The zero-order chi connectivity index (χ0) is 15.8. The van der Waals surface area contributed by atoms with E-state index in [2.05, 4.69) is 63.0 Å². The molecule has 0 rings (SSSR count). The zero-order valence-corrected chi connectivity index (χ0v) is 14.3. The molecule has 0 N–H and O–H groups in total. The summed E-state index contributed by atoms with van der Waals surface area (Å²) in [5, 5.41) is 0. The van der Waals surface area contributed by atoms with Gasteiger partial charge in [0.15, 0.2) is 0 Å². The van der Waals surface area contributed by atoms with Crippen LogP contribution >= 0.6 is 7.60 Å². The summed E-state index contributed by atoms with van der Waals surface area (Å²) >= 11 is 0. The van der Waals surface area contributed by atoms with Gasteiger partial charge >= 0.3 is 0 Å². The molecule has 0 spiro atoms. The first kappa shape index (κ1) is 22.9. The summed E-state index contributed by atoms with van der Waals surface area (Å²) in [6.45, 7) is 4.45. The van der Waals surface area contributed by atoms with Gasteiger partial charge in [-0.3, -0.25) is 0 Å². The first-order chi connectivity index (χ1) is 7.48. The monoisotopic (exact) mass is 282 g/mol. The van der Waals surface area contributed by atoms with Crippen molar-refractivity contribution >= 4 is 7.60 Å². The highest BCUT2D eigenvalue weighted by molar-refractivity contribution is 7.49. The van der Waals surface area contributed by atoms with Crippen LogP contribution < -0.4 is 9.79 Å². The maximum atomic E-state index is 9.96. The van der Waals surface area contributed by atoms with Crippen molar-refractivity contribution in [2.45, 2.75) is 12.6 Å². The van der Waals surface area contributed by atoms with Crippen molar-refractivity contribution in [3.8, 4) is 0 Å². The topological polar surface area (TPSA) is 63.2 Å². The van der Waals surface area contributed by atoms with Crippen LogP contribution in [0, 0.1) is 0 Å². The van der Waals surface area contributed by atoms with Crippen LogP contribution in [-0.4, -0.2) is 71.0 Å². The standard InChI is InChI=1S/2C4H12N.C4H9O3P/c2*1-5(2,3)4;1-3-4(2)8(5,6)7/h2*1-4H3;3-4H,1H2,2H3,(H2,5,6,7)/q2*+1;/p-2. The second-order valence-electron chi connectivity index (χ2n) is 6.88. The Bertz CT molecular complexity index is 237. The molecule has 0 fully saturated rings. The summed E-state index contributed by atoms with van der Waals surface area (Å²) < 4.78 is 12.0. The second kappa shape index (κ2) is 8.83. The van der Waals surface area contributed by atoms with Crippen molar-refractivity contribution in [1.82, 2.24) is 0 Å². The van der Waals surface area contributed by atoms with Crippen LogP contribution in [0.2, 0.25) is 0 Å². The Morgan fingerprint density at radius 3 is 1.11 bits per heavy atom. The molecule has 6 heteroatoms. The van der Waals surface area contributed by atoms with Gasteiger partial charge in [-0.15, -0.1) is 6.58 Å². The van der Waals surface area contributed by atoms with E-state index in [1.54, 1.807) is 0 Å². The summed E-state index contributed by atoms with van der Waals surface area (Å²) in [5.74, 6) is 0. The largest absolute Gasteiger partial charge is 0.810 e. The fourth-order valence-electron chi connectivity index (χ4n) is 0.129. The van der Waals surface area contributed by atoms with E-state index in [0.29, 0.717) is 0 Å². The fraction of sp³-hybridized carbons (Fsp3) is 0.833. The summed E-state index contributed by atoms with van der Waals surface area (Å²) in [4.78, 5) is 19.9. The fourth-order valence-corrected chi connectivity index (χ4v) is 0.387. The maximum Gasteiger partial charge on any atom is 0.0675 e. The van der Waals surface area contributed by atoms with E-state index in [4.69, 9.17) is 0 Å². The van der Waals surface area contributed by atoms with Gasteiger partial charge in [-0.05, 0) is 0 Å². The molecule has 18 heavy (non-hydrogen) atoms. The van der Waals surface area contributed by atoms with E-state index >= 15 is 0 Å². The molecule has 5 nitrogen and oxygen atoms in total. The third kappa shape index (κ3) is 56.9. The van der Waals surface area contributed by atoms with E-state index in [0.717, 1.165) is 15.0 Å². The Kier molecular flexibility index (Phi) is 11.3. The van der Waals surface area contributed by atoms with E-state index in [9.17, 15) is 14.4 Å². The molecule has 112 valence electrons. The van der Waals surface area contributed by atoms with Gasteiger partial charge in [0.25, 0.3) is 0 Å². The molecule has 0 heterocycles. The molecular formula is C12H31N2O3P. The van der Waals surface area contributed by atoms with Gasteiger partial charge < -0.3 is 23.3 Å². The van der Waals surface area contributed by atoms with Gasteiger partial charge in [0.05, 0.1) is 56.4 Å². The smallest absolute Gasteiger partial charge is 0.0675 e. The molecule has 0 bridgehead atoms. The molecule has 0 aromatic rings. The van der Waals surface area contributed by atoms with Crippen LogP contribution in [0.4, 0.5) is 0 Å². The van der Waals surface area contributed by atoms with E-state index < -0.39 is 13.3 Å². The molecule has 0 aliphatic carbocycles. The van der Waals surface area contributed by atoms with Gasteiger partial charge in [0.1, 0.15) is 0 Å². The maximum absolute atomic E-state index is 9.96.